The van der Waals surface area contributed by atoms with E-state index in [4.69, 9.17) is 5.73 Å². The Morgan fingerprint density at radius 1 is 1.50 bits per heavy atom. The number of hydrogen-bond donors (Lipinski definition) is 1. The van der Waals surface area contributed by atoms with Crippen LogP contribution >= 0.6 is 11.8 Å². The zero-order chi connectivity index (χ0) is 13.0. The van der Waals surface area contributed by atoms with E-state index in [-0.39, 0.29) is 11.9 Å². The van der Waals surface area contributed by atoms with Gasteiger partial charge in [-0.15, -0.1) is 11.8 Å². The second-order valence-corrected chi connectivity index (χ2v) is 5.10. The van der Waals surface area contributed by atoms with Gasteiger partial charge in [-0.25, -0.2) is 9.37 Å². The first-order chi connectivity index (χ1) is 8.69. The molecule has 0 amide bonds. The van der Waals surface area contributed by atoms with Crippen LogP contribution in [0.5, 0.6) is 0 Å². The first-order valence-corrected chi connectivity index (χ1v) is 6.83. The number of halogens is 1. The van der Waals surface area contributed by atoms with Gasteiger partial charge in [0.1, 0.15) is 5.82 Å². The van der Waals surface area contributed by atoms with Gasteiger partial charge in [-0.2, -0.15) is 0 Å². The van der Waals surface area contributed by atoms with Gasteiger partial charge in [0.25, 0.3) is 0 Å². The van der Waals surface area contributed by atoms with E-state index in [1.54, 1.807) is 24.2 Å². The molecular formula is C13H16FN3S. The van der Waals surface area contributed by atoms with Crippen molar-refractivity contribution in [2.75, 3.05) is 5.75 Å². The summed E-state index contributed by atoms with van der Waals surface area (Å²) in [4.78, 5) is 5.16. The van der Waals surface area contributed by atoms with Crippen molar-refractivity contribution >= 4 is 11.8 Å². The van der Waals surface area contributed by atoms with Crippen molar-refractivity contribution in [1.82, 2.24) is 9.55 Å². The summed E-state index contributed by atoms with van der Waals surface area (Å²) in [6, 6.07) is 6.40. The van der Waals surface area contributed by atoms with Gasteiger partial charge in [0.05, 0.1) is 18.1 Å². The number of imidazole rings is 1. The number of rotatable bonds is 5. The molecule has 2 aromatic rings. The van der Waals surface area contributed by atoms with Crippen LogP contribution in [0.15, 0.2) is 41.7 Å². The summed E-state index contributed by atoms with van der Waals surface area (Å²) in [7, 11) is 0. The molecule has 0 spiro atoms. The van der Waals surface area contributed by atoms with Crippen molar-refractivity contribution < 1.29 is 4.39 Å². The number of aromatic nitrogens is 2. The van der Waals surface area contributed by atoms with Crippen LogP contribution in [0.4, 0.5) is 4.39 Å². The summed E-state index contributed by atoms with van der Waals surface area (Å²) in [6.07, 6.45) is 3.73. The van der Waals surface area contributed by atoms with Crippen LogP contribution in [0.2, 0.25) is 0 Å². The highest BCUT2D eigenvalue weighted by atomic mass is 32.2. The zero-order valence-electron chi connectivity index (χ0n) is 10.2. The van der Waals surface area contributed by atoms with Crippen LogP contribution in [-0.2, 0) is 6.54 Å². The van der Waals surface area contributed by atoms with E-state index in [0.29, 0.717) is 5.75 Å². The average Bonchev–Trinajstić information content (AvgIpc) is 2.85. The van der Waals surface area contributed by atoms with Crippen LogP contribution < -0.4 is 5.73 Å². The van der Waals surface area contributed by atoms with Crippen molar-refractivity contribution in [3.05, 3.63) is 48.3 Å². The Morgan fingerprint density at radius 2 is 2.33 bits per heavy atom. The molecule has 1 atom stereocenters. The van der Waals surface area contributed by atoms with Crippen molar-refractivity contribution in [1.29, 1.82) is 0 Å². The minimum atomic E-state index is -0.219. The van der Waals surface area contributed by atoms with Crippen molar-refractivity contribution in [3.63, 3.8) is 0 Å². The number of thioether (sulfide) groups is 1. The highest BCUT2D eigenvalue weighted by Crippen LogP contribution is 2.23. The van der Waals surface area contributed by atoms with E-state index in [1.165, 1.54) is 12.1 Å². The van der Waals surface area contributed by atoms with Gasteiger partial charge in [-0.1, -0.05) is 6.07 Å². The molecule has 1 heterocycles. The van der Waals surface area contributed by atoms with Gasteiger partial charge < -0.3 is 10.3 Å². The number of aryl methyl sites for hydroxylation is 1. The van der Waals surface area contributed by atoms with Crippen LogP contribution in [-0.4, -0.2) is 15.3 Å². The fourth-order valence-corrected chi connectivity index (χ4v) is 2.48. The molecule has 0 radical (unpaired) electrons. The first-order valence-electron chi connectivity index (χ1n) is 5.84. The maximum absolute atomic E-state index is 13.0. The molecule has 0 aliphatic carbocycles. The Bertz CT molecular complexity index is 512. The predicted octanol–water partition coefficient (Wildman–Crippen LogP) is 2.83. The van der Waals surface area contributed by atoms with Gasteiger partial charge in [0.15, 0.2) is 0 Å². The Kier molecular flexibility index (Phi) is 4.38. The Balaban J connectivity index is 1.93. The molecule has 0 aliphatic heterocycles. The first kappa shape index (κ1) is 13.1. The average molecular weight is 265 g/mol. The number of hydrogen-bond acceptors (Lipinski definition) is 3. The Labute approximate surface area is 110 Å². The van der Waals surface area contributed by atoms with Gasteiger partial charge in [0.2, 0.25) is 0 Å². The Hall–Kier alpha value is -1.33. The fraction of sp³-hybridized carbons (Fsp3) is 0.308. The number of benzene rings is 1. The van der Waals surface area contributed by atoms with E-state index in [9.17, 15) is 4.39 Å². The quantitative estimate of drug-likeness (QED) is 0.845. The minimum Gasteiger partial charge on any atom is -0.337 e. The number of nitrogens with two attached hydrogens (primary N) is 1. The second kappa shape index (κ2) is 6.02. The summed E-state index contributed by atoms with van der Waals surface area (Å²) < 4.78 is 15.0. The summed E-state index contributed by atoms with van der Waals surface area (Å²) in [6.45, 7) is 2.94. The molecule has 0 saturated heterocycles. The molecule has 1 aromatic heterocycles. The van der Waals surface area contributed by atoms with Crippen molar-refractivity contribution in [3.8, 4) is 0 Å². The molecule has 1 aromatic carbocycles. The molecule has 1 unspecified atom stereocenters. The summed E-state index contributed by atoms with van der Waals surface area (Å²) in [5.41, 5.74) is 6.93. The van der Waals surface area contributed by atoms with Crippen LogP contribution in [0, 0.1) is 5.82 Å². The molecule has 2 N–H and O–H groups in total. The van der Waals surface area contributed by atoms with Gasteiger partial charge >= 0.3 is 0 Å². The van der Waals surface area contributed by atoms with Gasteiger partial charge in [-0.05, 0) is 25.1 Å². The lowest BCUT2D eigenvalue weighted by atomic mass is 10.3. The van der Waals surface area contributed by atoms with Crippen molar-refractivity contribution in [2.24, 2.45) is 5.73 Å². The third-order valence-corrected chi connectivity index (χ3v) is 3.74. The Morgan fingerprint density at radius 3 is 3.00 bits per heavy atom. The molecule has 3 nitrogen and oxygen atoms in total. The van der Waals surface area contributed by atoms with E-state index in [0.717, 1.165) is 17.1 Å². The maximum atomic E-state index is 13.0. The third kappa shape index (κ3) is 3.34. The fourth-order valence-electron chi connectivity index (χ4n) is 1.57. The molecular weight excluding hydrogens is 249 g/mol. The molecule has 0 bridgehead atoms. The normalized spacial score (nSPS) is 12.6. The summed E-state index contributed by atoms with van der Waals surface area (Å²) >= 11 is 1.54. The molecule has 18 heavy (non-hydrogen) atoms. The molecule has 0 fully saturated rings. The smallest absolute Gasteiger partial charge is 0.124 e. The van der Waals surface area contributed by atoms with Crippen molar-refractivity contribution in [2.45, 2.75) is 24.4 Å². The van der Waals surface area contributed by atoms with E-state index < -0.39 is 0 Å². The maximum Gasteiger partial charge on any atom is 0.124 e. The lowest BCUT2D eigenvalue weighted by molar-refractivity contribution is 0.624. The van der Waals surface area contributed by atoms with E-state index >= 15 is 0 Å². The second-order valence-electron chi connectivity index (χ2n) is 4.00. The van der Waals surface area contributed by atoms with Crippen LogP contribution in [0.1, 0.15) is 18.7 Å². The predicted molar refractivity (Wildman–Crippen MR) is 72.0 cm³/mol. The van der Waals surface area contributed by atoms with Gasteiger partial charge in [-0.3, -0.25) is 0 Å². The molecule has 2 rings (SSSR count). The summed E-state index contributed by atoms with van der Waals surface area (Å²) in [5, 5.41) is 0. The third-order valence-electron chi connectivity index (χ3n) is 2.62. The SMILES string of the molecule is CCn1cnc(C(N)CSc2cccc(F)c2)c1. The zero-order valence-corrected chi connectivity index (χ0v) is 11.0. The molecule has 5 heteroatoms. The van der Waals surface area contributed by atoms with Gasteiger partial charge in [0, 0.05) is 23.4 Å². The lowest BCUT2D eigenvalue weighted by Crippen LogP contribution is -2.13. The molecule has 0 aliphatic rings. The number of nitrogens with zero attached hydrogens (tertiary/aromatic N) is 2. The monoisotopic (exact) mass is 265 g/mol. The highest BCUT2D eigenvalue weighted by molar-refractivity contribution is 7.99. The van der Waals surface area contributed by atoms with E-state index in [1.807, 2.05) is 16.8 Å². The highest BCUT2D eigenvalue weighted by Gasteiger charge is 2.10. The topological polar surface area (TPSA) is 43.8 Å². The van der Waals surface area contributed by atoms with E-state index in [2.05, 4.69) is 11.9 Å². The van der Waals surface area contributed by atoms with Crippen LogP contribution in [0.3, 0.4) is 0 Å². The standard InChI is InChI=1S/C13H16FN3S/c1-2-17-7-13(16-9-17)12(15)8-18-11-5-3-4-10(14)6-11/h3-7,9,12H,2,8,15H2,1H3. The molecule has 96 valence electrons. The lowest BCUT2D eigenvalue weighted by Gasteiger charge is -2.08. The summed E-state index contributed by atoms with van der Waals surface area (Å²) in [5.74, 6) is 0.466. The largest absolute Gasteiger partial charge is 0.337 e. The van der Waals surface area contributed by atoms with Crippen LogP contribution in [0.25, 0.3) is 0 Å². The minimum absolute atomic E-state index is 0.133. The molecule has 0 saturated carbocycles.